The molecule has 7 nitrogen and oxygen atoms in total. The number of amidine groups is 1. The van der Waals surface area contributed by atoms with Crippen LogP contribution in [-0.2, 0) is 0 Å². The van der Waals surface area contributed by atoms with Crippen LogP contribution in [0.2, 0.25) is 0 Å². The van der Waals surface area contributed by atoms with Gasteiger partial charge in [-0.15, -0.1) is 0 Å². The van der Waals surface area contributed by atoms with Gasteiger partial charge in [0.25, 0.3) is 0 Å². The lowest BCUT2D eigenvalue weighted by atomic mass is 10.1. The van der Waals surface area contributed by atoms with Crippen LogP contribution in [0.15, 0.2) is 62.2 Å². The molecular weight excluding hydrogens is 478 g/mol. The molecule has 0 spiro atoms. The van der Waals surface area contributed by atoms with Crippen LogP contribution in [0.3, 0.4) is 0 Å². The summed E-state index contributed by atoms with van der Waals surface area (Å²) in [5, 5.41) is 11.8. The fraction of sp³-hybridized carbons (Fsp3) is 0.586. The average molecular weight is 528 g/mol. The maximum atomic E-state index is 8.57. The molecule has 0 bridgehead atoms. The van der Waals surface area contributed by atoms with E-state index in [0.29, 0.717) is 24.1 Å². The normalized spacial score (nSPS) is 18.3. The Kier molecular flexibility index (Phi) is 16.5. The number of hydrogen-bond donors (Lipinski definition) is 3. The second-order valence-electron chi connectivity index (χ2n) is 9.32. The summed E-state index contributed by atoms with van der Waals surface area (Å²) >= 11 is 1.66. The molecule has 0 aromatic rings. The minimum absolute atomic E-state index is 0.220. The Bertz CT molecular complexity index is 909. The number of aliphatic imine (C=N–C) groups is 3. The molecule has 1 heterocycles. The SMILES string of the molecule is C/C=C(\C=N/CC)C(/C)=N/C1C=C(C(=N)NCC/C(C)=C/CC(C=CCCC)NSC)N=CN1C(C)C. The first-order chi connectivity index (χ1) is 17.8. The largest absolute Gasteiger partial charge is 0.368 e. The van der Waals surface area contributed by atoms with E-state index in [9.17, 15) is 0 Å². The quantitative estimate of drug-likeness (QED) is 0.0947. The lowest BCUT2D eigenvalue weighted by molar-refractivity contribution is 0.311. The summed E-state index contributed by atoms with van der Waals surface area (Å²) in [4.78, 5) is 16.0. The van der Waals surface area contributed by atoms with E-state index in [0.717, 1.165) is 37.1 Å². The lowest BCUT2D eigenvalue weighted by Crippen LogP contribution is -2.41. The molecule has 0 saturated carbocycles. The Labute approximate surface area is 230 Å². The van der Waals surface area contributed by atoms with Gasteiger partial charge in [-0.25, -0.2) is 4.99 Å². The summed E-state index contributed by atoms with van der Waals surface area (Å²) in [5.74, 6) is 0.327. The molecule has 37 heavy (non-hydrogen) atoms. The molecule has 206 valence electrons. The molecule has 1 aliphatic heterocycles. The summed E-state index contributed by atoms with van der Waals surface area (Å²) < 4.78 is 3.45. The molecule has 1 aliphatic rings. The van der Waals surface area contributed by atoms with Crippen LogP contribution in [-0.4, -0.2) is 66.6 Å². The Balaban J connectivity index is 2.81. The first-order valence-electron chi connectivity index (χ1n) is 13.4. The van der Waals surface area contributed by atoms with Crippen molar-refractivity contribution in [2.24, 2.45) is 15.0 Å². The zero-order chi connectivity index (χ0) is 27.6. The molecule has 0 aromatic carbocycles. The van der Waals surface area contributed by atoms with E-state index >= 15 is 0 Å². The third kappa shape index (κ3) is 12.6. The average Bonchev–Trinajstić information content (AvgIpc) is 2.87. The van der Waals surface area contributed by atoms with E-state index in [1.807, 2.05) is 45.5 Å². The predicted molar refractivity (Wildman–Crippen MR) is 166 cm³/mol. The predicted octanol–water partition coefficient (Wildman–Crippen LogP) is 6.33. The van der Waals surface area contributed by atoms with Crippen LogP contribution in [0.25, 0.3) is 0 Å². The minimum atomic E-state index is -0.220. The van der Waals surface area contributed by atoms with Crippen molar-refractivity contribution in [2.75, 3.05) is 19.3 Å². The number of nitrogens with zero attached hydrogens (tertiary/aromatic N) is 4. The van der Waals surface area contributed by atoms with Gasteiger partial charge in [0.15, 0.2) is 0 Å². The van der Waals surface area contributed by atoms with Crippen molar-refractivity contribution in [3.63, 3.8) is 0 Å². The van der Waals surface area contributed by atoms with Crippen LogP contribution < -0.4 is 10.0 Å². The van der Waals surface area contributed by atoms with Crippen molar-refractivity contribution < 1.29 is 0 Å². The van der Waals surface area contributed by atoms with Gasteiger partial charge in [0, 0.05) is 42.7 Å². The monoisotopic (exact) mass is 527 g/mol. The third-order valence-corrected chi connectivity index (χ3v) is 6.44. The first kappa shape index (κ1) is 32.6. The van der Waals surface area contributed by atoms with E-state index < -0.39 is 0 Å². The van der Waals surface area contributed by atoms with Gasteiger partial charge >= 0.3 is 0 Å². The Morgan fingerprint density at radius 3 is 2.68 bits per heavy atom. The Morgan fingerprint density at radius 2 is 2.05 bits per heavy atom. The van der Waals surface area contributed by atoms with Gasteiger partial charge in [-0.1, -0.05) is 55.2 Å². The van der Waals surface area contributed by atoms with Crippen LogP contribution in [0.5, 0.6) is 0 Å². The number of unbranched alkanes of at least 4 members (excludes halogenated alkanes) is 1. The molecule has 2 unspecified atom stereocenters. The molecule has 0 saturated heterocycles. The van der Waals surface area contributed by atoms with Crippen LogP contribution in [0.4, 0.5) is 0 Å². The number of hydrogen-bond acceptors (Lipinski definition) is 7. The standard InChI is InChI=1S/C29H49N7S/c1-9-12-13-14-26(35-37-8)16-15-23(6)17-18-32-29(30)27-19-28(36(21-33-27)22(4)5)34-24(7)25(10-2)20-31-11-3/h10,13-15,19-22,26,28,35H,9,11-12,16-18H2,1-8H3,(H2,30,32)/b14-13?,23-15+,25-10+,31-20-,34-24+. The van der Waals surface area contributed by atoms with Crippen molar-refractivity contribution in [3.05, 3.63) is 47.2 Å². The highest BCUT2D eigenvalue weighted by molar-refractivity contribution is 7.96. The van der Waals surface area contributed by atoms with Crippen molar-refractivity contribution in [1.82, 2.24) is 14.9 Å². The molecule has 2 atom stereocenters. The third-order valence-electron chi connectivity index (χ3n) is 5.90. The topological polar surface area (TPSA) is 88.2 Å². The Hall–Kier alpha value is -2.45. The van der Waals surface area contributed by atoms with Gasteiger partial charge in [0.2, 0.25) is 0 Å². The number of rotatable bonds is 16. The molecule has 0 amide bonds. The first-order valence-corrected chi connectivity index (χ1v) is 14.7. The lowest BCUT2D eigenvalue weighted by Gasteiger charge is -2.32. The molecular formula is C29H49N7S. The van der Waals surface area contributed by atoms with Crippen LogP contribution in [0, 0.1) is 5.41 Å². The summed E-state index contributed by atoms with van der Waals surface area (Å²) in [6, 6.07) is 0.572. The number of allylic oxidation sites excluding steroid dienone is 3. The van der Waals surface area contributed by atoms with Crippen molar-refractivity contribution >= 4 is 36.0 Å². The highest BCUT2D eigenvalue weighted by Crippen LogP contribution is 2.17. The maximum Gasteiger partial charge on any atom is 0.144 e. The van der Waals surface area contributed by atoms with E-state index in [2.05, 4.69) is 77.1 Å². The fourth-order valence-electron chi connectivity index (χ4n) is 3.65. The zero-order valence-corrected chi connectivity index (χ0v) is 25.0. The second kappa shape index (κ2) is 18.7. The summed E-state index contributed by atoms with van der Waals surface area (Å²) in [6.45, 7) is 16.1. The van der Waals surface area contributed by atoms with Gasteiger partial charge in [0.1, 0.15) is 17.7 Å². The summed E-state index contributed by atoms with van der Waals surface area (Å²) in [7, 11) is 0. The van der Waals surface area contributed by atoms with E-state index in [1.165, 1.54) is 12.0 Å². The highest BCUT2D eigenvalue weighted by Gasteiger charge is 2.22. The minimum Gasteiger partial charge on any atom is -0.368 e. The molecule has 3 N–H and O–H groups in total. The summed E-state index contributed by atoms with van der Waals surface area (Å²) in [6.07, 6.45) is 20.5. The van der Waals surface area contributed by atoms with Gasteiger partial charge in [0.05, 0.1) is 6.34 Å². The molecule has 0 aliphatic carbocycles. The van der Waals surface area contributed by atoms with E-state index in [1.54, 1.807) is 11.9 Å². The van der Waals surface area contributed by atoms with E-state index in [-0.39, 0.29) is 12.2 Å². The van der Waals surface area contributed by atoms with Crippen molar-refractivity contribution in [2.45, 2.75) is 92.4 Å². The Morgan fingerprint density at radius 1 is 1.30 bits per heavy atom. The molecule has 0 aromatic heterocycles. The molecule has 0 radical (unpaired) electrons. The fourth-order valence-corrected chi connectivity index (χ4v) is 4.12. The van der Waals surface area contributed by atoms with Gasteiger partial charge in [-0.2, -0.15) is 0 Å². The molecule has 1 rings (SSSR count). The highest BCUT2D eigenvalue weighted by atomic mass is 32.2. The van der Waals surface area contributed by atoms with Crippen LogP contribution in [0.1, 0.15) is 74.1 Å². The van der Waals surface area contributed by atoms with Gasteiger partial charge in [-0.05, 0) is 73.1 Å². The van der Waals surface area contributed by atoms with Crippen molar-refractivity contribution in [1.29, 1.82) is 5.41 Å². The molecule has 8 heteroatoms. The van der Waals surface area contributed by atoms with Gasteiger partial charge < -0.3 is 10.2 Å². The zero-order valence-electron chi connectivity index (χ0n) is 24.2. The van der Waals surface area contributed by atoms with Crippen molar-refractivity contribution in [3.8, 4) is 0 Å². The smallest absolute Gasteiger partial charge is 0.144 e. The number of nitrogens with one attached hydrogen (secondary N) is 3. The van der Waals surface area contributed by atoms with Crippen LogP contribution >= 0.6 is 11.9 Å². The summed E-state index contributed by atoms with van der Waals surface area (Å²) in [5.41, 5.74) is 3.86. The van der Waals surface area contributed by atoms with E-state index in [4.69, 9.17) is 10.4 Å². The second-order valence-corrected chi connectivity index (χ2v) is 9.96. The van der Waals surface area contributed by atoms with Gasteiger partial charge in [-0.3, -0.25) is 20.1 Å². The maximum absolute atomic E-state index is 8.57. The molecule has 0 fully saturated rings.